The van der Waals surface area contributed by atoms with E-state index in [2.05, 4.69) is 68.2 Å². The molecule has 3 aromatic rings. The average molecular weight is 523 g/mol. The molecule has 0 N–H and O–H groups in total. The summed E-state index contributed by atoms with van der Waals surface area (Å²) in [5, 5.41) is 2.42. The van der Waals surface area contributed by atoms with Gasteiger partial charge in [-0.15, -0.1) is 34.9 Å². The Morgan fingerprint density at radius 2 is 1.81 bits per heavy atom. The molecule has 0 atom stereocenters. The van der Waals surface area contributed by atoms with Crippen LogP contribution in [0.3, 0.4) is 0 Å². The Labute approximate surface area is 167 Å². The Hall–Kier alpha value is -2.17. The normalized spacial score (nSPS) is 9.69. The Morgan fingerprint density at radius 3 is 2.38 bits per heavy atom. The first-order valence-corrected chi connectivity index (χ1v) is 8.20. The summed E-state index contributed by atoms with van der Waals surface area (Å²) in [4.78, 5) is 23.8. The van der Waals surface area contributed by atoms with Crippen molar-refractivity contribution in [3.63, 3.8) is 0 Å². The van der Waals surface area contributed by atoms with Crippen LogP contribution in [-0.4, -0.2) is 17.1 Å². The Bertz CT molecular complexity index is 899. The molecule has 0 fully saturated rings. The number of aryl methyl sites for hydroxylation is 3. The van der Waals surface area contributed by atoms with Crippen molar-refractivity contribution in [3.05, 3.63) is 65.4 Å². The molecule has 26 heavy (non-hydrogen) atoms. The fraction of sp³-hybridized carbons (Fsp3) is 0.227. The molecule has 3 nitrogen and oxygen atoms in total. The van der Waals surface area contributed by atoms with Crippen molar-refractivity contribution in [1.29, 1.82) is 0 Å². The maximum Gasteiger partial charge on any atom is 1.00 e. The van der Waals surface area contributed by atoms with Crippen LogP contribution < -0.4 is 0 Å². The summed E-state index contributed by atoms with van der Waals surface area (Å²) < 4.78 is 0. The number of benzene rings is 2. The van der Waals surface area contributed by atoms with Crippen LogP contribution in [-0.2, 0) is 29.4 Å². The monoisotopic (exact) mass is 524 g/mol. The third kappa shape index (κ3) is 5.97. The van der Waals surface area contributed by atoms with Crippen molar-refractivity contribution >= 4 is 22.8 Å². The summed E-state index contributed by atoms with van der Waals surface area (Å²) in [6, 6.07) is 16.2. The zero-order valence-corrected chi connectivity index (χ0v) is 18.0. The number of hydrogen-bond acceptors (Lipinski definition) is 3. The largest absolute Gasteiger partial charge is 1.00 e. The van der Waals surface area contributed by atoms with Gasteiger partial charge >= 0.3 is 19.8 Å². The number of rotatable bonds is 3. The summed E-state index contributed by atoms with van der Waals surface area (Å²) in [7, 11) is 0. The van der Waals surface area contributed by atoms with Crippen LogP contribution in [0.25, 0.3) is 22.0 Å². The van der Waals surface area contributed by atoms with Crippen LogP contribution in [0.2, 0.25) is 0 Å². The molecule has 3 rings (SSSR count). The maximum absolute atomic E-state index is 9.81. The molecule has 0 saturated carbocycles. The molecule has 1 aromatic heterocycles. The van der Waals surface area contributed by atoms with Gasteiger partial charge in [0.05, 0.1) is 6.42 Å². The fourth-order valence-corrected chi connectivity index (χ4v) is 2.64. The summed E-state index contributed by atoms with van der Waals surface area (Å²) in [5.74, 6) is -0.0787. The minimum Gasteiger partial charge on any atom is -0.304 e. The quantitative estimate of drug-likeness (QED) is 0.282. The van der Waals surface area contributed by atoms with Crippen molar-refractivity contribution < 1.29 is 29.4 Å². The van der Waals surface area contributed by atoms with Gasteiger partial charge in [0.2, 0.25) is 0 Å². The number of aromatic nitrogens is 1. The number of pyridine rings is 1. The van der Waals surface area contributed by atoms with E-state index in [1.54, 1.807) is 0 Å². The van der Waals surface area contributed by atoms with E-state index >= 15 is 0 Å². The van der Waals surface area contributed by atoms with Crippen molar-refractivity contribution in [2.45, 2.75) is 34.1 Å². The molecule has 0 aliphatic carbocycles. The van der Waals surface area contributed by atoms with Crippen LogP contribution in [0.1, 0.15) is 30.0 Å². The smallest absolute Gasteiger partial charge is 0.304 e. The first-order chi connectivity index (χ1) is 11.9. The van der Waals surface area contributed by atoms with Crippen LogP contribution in [0.15, 0.2) is 42.6 Å². The summed E-state index contributed by atoms with van der Waals surface area (Å²) in [6.45, 7) is 7.68. The molecule has 135 valence electrons. The van der Waals surface area contributed by atoms with Crippen LogP contribution in [0.5, 0.6) is 0 Å². The van der Waals surface area contributed by atoms with Gasteiger partial charge in [-0.05, 0) is 36.4 Å². The number of Topliss-reactive ketones (excluding diaryl/α,β-unsaturated/α-hetero) is 1. The standard InChI is InChI=1S/C18H16N.C4H6O2.Os/c1-12-4-5-15-6-7-19-18(17(15)11-12)16-9-13(2)8-14(3)10-16;1-4(6)2-3-5;/h4-9,11H,1-3H3;3H,2H2,1H3;/q-1;;+1. The molecule has 0 saturated heterocycles. The van der Waals surface area contributed by atoms with E-state index in [1.807, 2.05) is 6.20 Å². The molecule has 0 amide bonds. The Morgan fingerprint density at radius 1 is 1.08 bits per heavy atom. The van der Waals surface area contributed by atoms with E-state index in [1.165, 1.54) is 28.8 Å². The zero-order chi connectivity index (χ0) is 18.4. The van der Waals surface area contributed by atoms with Gasteiger partial charge in [-0.3, -0.25) is 4.79 Å². The van der Waals surface area contributed by atoms with Gasteiger partial charge in [0.25, 0.3) is 0 Å². The molecular weight excluding hydrogens is 500 g/mol. The average Bonchev–Trinajstić information content (AvgIpc) is 2.53. The van der Waals surface area contributed by atoms with Crippen LogP contribution in [0, 0.1) is 26.8 Å². The first kappa shape index (κ1) is 21.9. The number of nitrogens with zero attached hydrogens (tertiary/aromatic N) is 1. The van der Waals surface area contributed by atoms with E-state index in [0.29, 0.717) is 6.29 Å². The summed E-state index contributed by atoms with van der Waals surface area (Å²) >= 11 is 0. The first-order valence-electron chi connectivity index (χ1n) is 8.20. The Kier molecular flexibility index (Phi) is 8.49. The van der Waals surface area contributed by atoms with Gasteiger partial charge in [-0.2, -0.15) is 0 Å². The minimum absolute atomic E-state index is 0. The summed E-state index contributed by atoms with van der Waals surface area (Å²) in [6.07, 6.45) is 2.53. The maximum atomic E-state index is 9.81. The number of carbonyl (C=O) groups is 2. The molecule has 0 unspecified atom stereocenters. The number of aldehydes is 1. The zero-order valence-electron chi connectivity index (χ0n) is 15.4. The molecule has 4 heteroatoms. The molecule has 1 radical (unpaired) electrons. The van der Waals surface area contributed by atoms with Gasteiger partial charge in [-0.1, -0.05) is 37.6 Å². The number of ketones is 1. The molecule has 2 aromatic carbocycles. The molecular formula is C22H22NO2Os. The topological polar surface area (TPSA) is 47.0 Å². The SMILES string of the molecule is CC(=O)CC=O.Cc1[c-]c(-c2nccc3ccc(C)cc23)cc(C)c1.[Os+]. The fourth-order valence-electron chi connectivity index (χ4n) is 2.64. The van der Waals surface area contributed by atoms with Crippen molar-refractivity contribution in [3.8, 4) is 11.3 Å². The Balaban J connectivity index is 0.000000422. The van der Waals surface area contributed by atoms with Crippen molar-refractivity contribution in [1.82, 2.24) is 4.98 Å². The summed E-state index contributed by atoms with van der Waals surface area (Å²) in [5.41, 5.74) is 5.76. The molecule has 1 heterocycles. The van der Waals surface area contributed by atoms with Gasteiger partial charge in [-0.25, -0.2) is 0 Å². The predicted molar refractivity (Wildman–Crippen MR) is 102 cm³/mol. The van der Waals surface area contributed by atoms with Crippen molar-refractivity contribution in [2.75, 3.05) is 0 Å². The van der Waals surface area contributed by atoms with E-state index < -0.39 is 0 Å². The van der Waals surface area contributed by atoms with Crippen molar-refractivity contribution in [2.24, 2.45) is 0 Å². The number of fused-ring (bicyclic) bond motifs is 1. The van der Waals surface area contributed by atoms with E-state index in [0.717, 1.165) is 16.8 Å². The molecule has 0 bridgehead atoms. The van der Waals surface area contributed by atoms with Crippen LogP contribution in [0.4, 0.5) is 0 Å². The van der Waals surface area contributed by atoms with E-state index in [-0.39, 0.29) is 32.0 Å². The molecule has 0 aliphatic rings. The van der Waals surface area contributed by atoms with E-state index in [9.17, 15) is 9.59 Å². The van der Waals surface area contributed by atoms with E-state index in [4.69, 9.17) is 0 Å². The van der Waals surface area contributed by atoms with Gasteiger partial charge in [0.1, 0.15) is 12.1 Å². The third-order valence-corrected chi connectivity index (χ3v) is 3.70. The van der Waals surface area contributed by atoms with Gasteiger partial charge in [0.15, 0.2) is 0 Å². The van der Waals surface area contributed by atoms with Crippen LogP contribution >= 0.6 is 0 Å². The molecule has 0 spiro atoms. The van der Waals surface area contributed by atoms with Gasteiger partial charge < -0.3 is 9.78 Å². The van der Waals surface area contributed by atoms with Gasteiger partial charge in [0, 0.05) is 6.20 Å². The minimum atomic E-state index is -0.0787. The second-order valence-electron chi connectivity index (χ2n) is 6.21. The third-order valence-electron chi connectivity index (χ3n) is 3.70. The second kappa shape index (κ2) is 10.1. The predicted octanol–water partition coefficient (Wildman–Crippen LogP) is 4.79. The second-order valence-corrected chi connectivity index (χ2v) is 6.21. The molecule has 0 aliphatic heterocycles. The number of carbonyl (C=O) groups excluding carboxylic acids is 2. The number of hydrogen-bond donors (Lipinski definition) is 0.